The summed E-state index contributed by atoms with van der Waals surface area (Å²) in [7, 11) is 0. The van der Waals surface area contributed by atoms with E-state index >= 15 is 4.39 Å². The molecular formula is C27H35F2N5O. The number of aliphatic hydroxyl groups excluding tert-OH is 1. The summed E-state index contributed by atoms with van der Waals surface area (Å²) in [6, 6.07) is 6.45. The van der Waals surface area contributed by atoms with Crippen molar-refractivity contribution in [1.29, 1.82) is 0 Å². The Labute approximate surface area is 206 Å². The van der Waals surface area contributed by atoms with Crippen LogP contribution in [-0.2, 0) is 0 Å². The Morgan fingerprint density at radius 3 is 2.77 bits per heavy atom. The van der Waals surface area contributed by atoms with E-state index in [4.69, 9.17) is 0 Å². The first-order chi connectivity index (χ1) is 16.9. The fourth-order valence-electron chi connectivity index (χ4n) is 5.72. The van der Waals surface area contributed by atoms with Gasteiger partial charge in [-0.3, -0.25) is 14.9 Å². The third-order valence-corrected chi connectivity index (χ3v) is 7.74. The minimum atomic E-state index is -0.560. The maximum atomic E-state index is 15.2. The van der Waals surface area contributed by atoms with Crippen LogP contribution in [0.1, 0.15) is 64.0 Å². The Balaban J connectivity index is 1.35. The van der Waals surface area contributed by atoms with Crippen molar-refractivity contribution < 1.29 is 13.9 Å². The zero-order valence-electron chi connectivity index (χ0n) is 20.4. The molecule has 0 bridgehead atoms. The average Bonchev–Trinajstić information content (AvgIpc) is 3.17. The first kappa shape index (κ1) is 24.2. The summed E-state index contributed by atoms with van der Waals surface area (Å²) in [6.45, 7) is 5.27. The molecule has 0 saturated carbocycles. The summed E-state index contributed by atoms with van der Waals surface area (Å²) in [5, 5.41) is 16.9. The monoisotopic (exact) mass is 483 g/mol. The Morgan fingerprint density at radius 1 is 1.14 bits per heavy atom. The molecule has 1 aromatic carbocycles. The van der Waals surface area contributed by atoms with Gasteiger partial charge in [0.2, 0.25) is 0 Å². The molecule has 8 heteroatoms. The van der Waals surface area contributed by atoms with E-state index < -0.39 is 12.0 Å². The van der Waals surface area contributed by atoms with Gasteiger partial charge in [0, 0.05) is 36.0 Å². The van der Waals surface area contributed by atoms with E-state index in [2.05, 4.69) is 39.5 Å². The van der Waals surface area contributed by atoms with Crippen LogP contribution in [-0.4, -0.2) is 50.9 Å². The van der Waals surface area contributed by atoms with Crippen molar-refractivity contribution in [2.75, 3.05) is 6.54 Å². The Kier molecular flexibility index (Phi) is 7.05. The third kappa shape index (κ3) is 4.92. The third-order valence-electron chi connectivity index (χ3n) is 7.74. The van der Waals surface area contributed by atoms with E-state index in [1.165, 1.54) is 31.2 Å². The highest BCUT2D eigenvalue weighted by atomic mass is 19.1. The maximum Gasteiger partial charge on any atom is 0.142 e. The Morgan fingerprint density at radius 2 is 2.00 bits per heavy atom. The van der Waals surface area contributed by atoms with Crippen LogP contribution in [0.4, 0.5) is 8.78 Å². The largest absolute Gasteiger partial charge is 0.376 e. The topological polar surface area (TPSA) is 63.7 Å². The summed E-state index contributed by atoms with van der Waals surface area (Å²) in [5.74, 6) is 0.0791. The van der Waals surface area contributed by atoms with Gasteiger partial charge in [0.25, 0.3) is 0 Å². The van der Waals surface area contributed by atoms with Crippen molar-refractivity contribution in [3.8, 4) is 11.1 Å². The average molecular weight is 484 g/mol. The summed E-state index contributed by atoms with van der Waals surface area (Å²) in [5.41, 5.74) is 5.09. The number of aromatic nitrogens is 1. The van der Waals surface area contributed by atoms with Gasteiger partial charge in [-0.2, -0.15) is 0 Å². The molecule has 0 spiro atoms. The molecule has 2 fully saturated rings. The predicted molar refractivity (Wildman–Crippen MR) is 132 cm³/mol. The van der Waals surface area contributed by atoms with E-state index in [0.717, 1.165) is 44.2 Å². The minimum absolute atomic E-state index is 0.0868. The van der Waals surface area contributed by atoms with Gasteiger partial charge < -0.3 is 10.4 Å². The van der Waals surface area contributed by atoms with E-state index in [1.54, 1.807) is 12.1 Å². The highest BCUT2D eigenvalue weighted by Crippen LogP contribution is 2.34. The molecule has 3 aliphatic rings. The lowest BCUT2D eigenvalue weighted by Crippen LogP contribution is -2.61. The number of hydrazine groups is 1. The van der Waals surface area contributed by atoms with Crippen LogP contribution in [0.5, 0.6) is 0 Å². The van der Waals surface area contributed by atoms with Crippen LogP contribution in [0.3, 0.4) is 0 Å². The van der Waals surface area contributed by atoms with Crippen LogP contribution in [0.25, 0.3) is 11.1 Å². The summed E-state index contributed by atoms with van der Waals surface area (Å²) in [4.78, 5) is 6.11. The number of likely N-dealkylation sites (tertiary alicyclic amines) is 1. The first-order valence-electron chi connectivity index (χ1n) is 12.8. The van der Waals surface area contributed by atoms with Crippen molar-refractivity contribution in [2.24, 2.45) is 0 Å². The van der Waals surface area contributed by atoms with Gasteiger partial charge in [-0.15, -0.1) is 0 Å². The molecule has 2 aromatic rings. The zero-order valence-corrected chi connectivity index (χ0v) is 20.4. The fraction of sp³-hybridized carbons (Fsp3) is 0.519. The van der Waals surface area contributed by atoms with Crippen LogP contribution >= 0.6 is 0 Å². The molecule has 6 nitrogen and oxygen atoms in total. The molecule has 0 amide bonds. The highest BCUT2D eigenvalue weighted by molar-refractivity contribution is 5.63. The van der Waals surface area contributed by atoms with Crippen molar-refractivity contribution in [2.45, 2.75) is 82.8 Å². The molecule has 3 aliphatic heterocycles. The summed E-state index contributed by atoms with van der Waals surface area (Å²) >= 11 is 0. The van der Waals surface area contributed by atoms with Crippen LogP contribution in [0.2, 0.25) is 0 Å². The molecule has 5 rings (SSSR count). The van der Waals surface area contributed by atoms with Crippen molar-refractivity contribution in [1.82, 2.24) is 25.6 Å². The summed E-state index contributed by atoms with van der Waals surface area (Å²) in [6.07, 6.45) is 10.5. The number of hydrogen-bond acceptors (Lipinski definition) is 6. The molecule has 4 heterocycles. The molecular weight excluding hydrogens is 448 g/mol. The molecule has 188 valence electrons. The lowest BCUT2D eigenvalue weighted by Gasteiger charge is -2.45. The molecule has 2 saturated heterocycles. The molecule has 5 atom stereocenters. The molecule has 1 unspecified atom stereocenters. The van der Waals surface area contributed by atoms with Gasteiger partial charge in [-0.1, -0.05) is 31.9 Å². The fourth-order valence-corrected chi connectivity index (χ4v) is 5.72. The quantitative estimate of drug-likeness (QED) is 0.584. The number of pyridine rings is 1. The smallest absolute Gasteiger partial charge is 0.142 e. The zero-order chi connectivity index (χ0) is 24.5. The normalized spacial score (nSPS) is 28.1. The minimum Gasteiger partial charge on any atom is -0.376 e. The van der Waals surface area contributed by atoms with Crippen molar-refractivity contribution >= 4 is 0 Å². The van der Waals surface area contributed by atoms with Gasteiger partial charge in [-0.25, -0.2) is 14.2 Å². The molecule has 3 N–H and O–H groups in total. The van der Waals surface area contributed by atoms with E-state index in [-0.39, 0.29) is 23.9 Å². The number of fused-ring (bicyclic) bond motifs is 1. The SMILES string of the molecule is CC[C@@H]1C[C@H]([C@H](O)N2CCCCCC2C)NC2=C[C@H](c3ccc(-c4cncc(F)c4)cc3F)NN21. The molecule has 0 radical (unpaired) electrons. The molecule has 0 aliphatic carbocycles. The molecule has 35 heavy (non-hydrogen) atoms. The van der Waals surface area contributed by atoms with Crippen LogP contribution in [0.15, 0.2) is 48.6 Å². The van der Waals surface area contributed by atoms with Crippen LogP contribution in [0, 0.1) is 11.6 Å². The van der Waals surface area contributed by atoms with Gasteiger partial charge in [0.1, 0.15) is 23.7 Å². The lowest BCUT2D eigenvalue weighted by molar-refractivity contribution is -0.0605. The van der Waals surface area contributed by atoms with Crippen molar-refractivity contribution in [3.63, 3.8) is 0 Å². The van der Waals surface area contributed by atoms with E-state index in [1.807, 2.05) is 6.08 Å². The van der Waals surface area contributed by atoms with Gasteiger partial charge >= 0.3 is 0 Å². The first-order valence-corrected chi connectivity index (χ1v) is 12.8. The van der Waals surface area contributed by atoms with Gasteiger partial charge in [0.05, 0.1) is 18.3 Å². The van der Waals surface area contributed by atoms with E-state index in [0.29, 0.717) is 22.7 Å². The maximum absolute atomic E-state index is 15.2. The van der Waals surface area contributed by atoms with Crippen molar-refractivity contribution in [3.05, 3.63) is 65.8 Å². The van der Waals surface area contributed by atoms with Crippen LogP contribution < -0.4 is 10.7 Å². The van der Waals surface area contributed by atoms with Gasteiger partial charge in [0.15, 0.2) is 0 Å². The Bertz CT molecular complexity index is 1080. The Hall–Kier alpha value is -2.55. The standard InChI is InChI=1S/C27H35F2N5O/c1-3-21-13-25(27(35)33-10-6-4-5-7-17(33)2)31-26-14-24(32-34(21)26)22-9-8-18(12-23(22)29)19-11-20(28)16-30-15-19/h8-9,11-12,14-17,21,24-25,27,31-32,35H,3-7,10,13H2,1-2H3/t17?,21-,24-,25-,27+/m1/s1. The number of hydrogen-bond donors (Lipinski definition) is 3. The number of rotatable bonds is 5. The number of halogens is 2. The second-order valence-electron chi connectivity index (χ2n) is 10.1. The van der Waals surface area contributed by atoms with Gasteiger partial charge in [-0.05, 0) is 56.4 Å². The number of nitrogens with zero attached hydrogens (tertiary/aromatic N) is 3. The molecule has 1 aromatic heterocycles. The number of benzene rings is 1. The second-order valence-corrected chi connectivity index (χ2v) is 10.1. The summed E-state index contributed by atoms with van der Waals surface area (Å²) < 4.78 is 28.8. The predicted octanol–water partition coefficient (Wildman–Crippen LogP) is 4.45. The lowest BCUT2D eigenvalue weighted by atomic mass is 9.98. The highest BCUT2D eigenvalue weighted by Gasteiger charge is 2.40. The second kappa shape index (κ2) is 10.2. The number of aliphatic hydroxyl groups is 1. The van der Waals surface area contributed by atoms with E-state index in [9.17, 15) is 9.50 Å². The number of nitrogens with one attached hydrogen (secondary N) is 2.